The Labute approximate surface area is 119 Å². The van der Waals surface area contributed by atoms with E-state index in [0.29, 0.717) is 12.2 Å². The molecule has 0 fully saturated rings. The summed E-state index contributed by atoms with van der Waals surface area (Å²) in [6.45, 7) is 2.12. The Bertz CT molecular complexity index is 500. The largest absolute Gasteiger partial charge is 0.573 e. The Morgan fingerprint density at radius 3 is 2.48 bits per heavy atom. The highest BCUT2D eigenvalue weighted by molar-refractivity contribution is 5.93. The van der Waals surface area contributed by atoms with Crippen molar-refractivity contribution in [3.8, 4) is 5.75 Å². The third-order valence-corrected chi connectivity index (χ3v) is 2.13. The zero-order valence-corrected chi connectivity index (χ0v) is 11.2. The lowest BCUT2D eigenvalue weighted by Gasteiger charge is -2.10. The van der Waals surface area contributed by atoms with E-state index in [1.165, 1.54) is 12.1 Å². The summed E-state index contributed by atoms with van der Waals surface area (Å²) >= 11 is 0. The summed E-state index contributed by atoms with van der Waals surface area (Å²) < 4.78 is 39.7. The van der Waals surface area contributed by atoms with E-state index in [1.807, 2.05) is 0 Å². The number of anilines is 1. The van der Waals surface area contributed by atoms with Gasteiger partial charge in [0.15, 0.2) is 5.96 Å². The van der Waals surface area contributed by atoms with Gasteiger partial charge in [0.25, 0.3) is 0 Å². The topological polar surface area (TPSA) is 88.7 Å². The number of likely N-dealkylation sites (N-methyl/N-ethyl adjacent to an activating group) is 1. The van der Waals surface area contributed by atoms with E-state index >= 15 is 0 Å². The van der Waals surface area contributed by atoms with Gasteiger partial charge in [0.2, 0.25) is 5.91 Å². The number of nitrogens with zero attached hydrogens (tertiary/aromatic N) is 1. The molecule has 0 bridgehead atoms. The molecule has 1 amide bonds. The lowest BCUT2D eigenvalue weighted by atomic mass is 10.3. The molecule has 21 heavy (non-hydrogen) atoms. The summed E-state index contributed by atoms with van der Waals surface area (Å²) in [7, 11) is 0. The third kappa shape index (κ3) is 7.04. The summed E-state index contributed by atoms with van der Waals surface area (Å²) in [5.74, 6) is -0.646. The predicted octanol–water partition coefficient (Wildman–Crippen LogP) is 1.45. The average molecular weight is 304 g/mol. The van der Waals surface area contributed by atoms with E-state index in [4.69, 9.17) is 5.73 Å². The summed E-state index contributed by atoms with van der Waals surface area (Å²) in [6, 6.07) is 4.95. The molecule has 1 aromatic carbocycles. The van der Waals surface area contributed by atoms with Crippen molar-refractivity contribution in [2.75, 3.05) is 18.4 Å². The number of carbonyl (C=O) groups excluding carboxylic acids is 1. The summed E-state index contributed by atoms with van der Waals surface area (Å²) in [5, 5.41) is 5.18. The van der Waals surface area contributed by atoms with Crippen molar-refractivity contribution >= 4 is 17.6 Å². The number of benzene rings is 1. The van der Waals surface area contributed by atoms with Crippen molar-refractivity contribution in [1.29, 1.82) is 0 Å². The molecule has 6 nitrogen and oxygen atoms in total. The molecule has 9 heteroatoms. The number of nitrogens with two attached hydrogens (primary N) is 1. The number of aliphatic imine (C=N–C) groups is 1. The lowest BCUT2D eigenvalue weighted by molar-refractivity contribution is -0.274. The number of rotatable bonds is 5. The first-order valence-electron chi connectivity index (χ1n) is 5.99. The number of hydrogen-bond acceptors (Lipinski definition) is 3. The molecule has 116 valence electrons. The van der Waals surface area contributed by atoms with E-state index in [-0.39, 0.29) is 24.2 Å². The average Bonchev–Trinajstić information content (AvgIpc) is 2.37. The van der Waals surface area contributed by atoms with Crippen LogP contribution in [0.1, 0.15) is 6.92 Å². The molecule has 0 spiro atoms. The molecule has 1 aromatic rings. The quantitative estimate of drug-likeness (QED) is 0.567. The van der Waals surface area contributed by atoms with Gasteiger partial charge in [-0.1, -0.05) is 0 Å². The maximum absolute atomic E-state index is 12.0. The highest BCUT2D eigenvalue weighted by Gasteiger charge is 2.30. The second kappa shape index (κ2) is 7.36. The van der Waals surface area contributed by atoms with Gasteiger partial charge in [-0.05, 0) is 31.2 Å². The molecule has 0 aromatic heterocycles. The zero-order chi connectivity index (χ0) is 15.9. The lowest BCUT2D eigenvalue weighted by Crippen LogP contribution is -2.28. The number of guanidine groups is 1. The highest BCUT2D eigenvalue weighted by atomic mass is 19.4. The van der Waals surface area contributed by atoms with Gasteiger partial charge in [-0.2, -0.15) is 0 Å². The van der Waals surface area contributed by atoms with Gasteiger partial charge in [0.05, 0.1) is 0 Å². The first-order chi connectivity index (χ1) is 9.80. The van der Waals surface area contributed by atoms with Crippen LogP contribution < -0.4 is 21.1 Å². The van der Waals surface area contributed by atoms with Crippen LogP contribution in [-0.4, -0.2) is 31.3 Å². The fourth-order valence-electron chi connectivity index (χ4n) is 1.34. The molecule has 0 unspecified atom stereocenters. The van der Waals surface area contributed by atoms with Crippen LogP contribution in [0, 0.1) is 0 Å². The normalized spacial score (nSPS) is 11.9. The first kappa shape index (κ1) is 16.6. The Hall–Kier alpha value is -2.45. The molecule has 0 aliphatic rings. The molecular formula is C12H15F3N4O2. The maximum Gasteiger partial charge on any atom is 0.573 e. The van der Waals surface area contributed by atoms with Gasteiger partial charge < -0.3 is 21.1 Å². The van der Waals surface area contributed by atoms with Gasteiger partial charge >= 0.3 is 6.36 Å². The van der Waals surface area contributed by atoms with Crippen LogP contribution in [0.3, 0.4) is 0 Å². The van der Waals surface area contributed by atoms with Crippen molar-refractivity contribution in [2.24, 2.45) is 10.7 Å². The van der Waals surface area contributed by atoms with Crippen LogP contribution in [0.5, 0.6) is 5.75 Å². The van der Waals surface area contributed by atoms with E-state index in [9.17, 15) is 18.0 Å². The van der Waals surface area contributed by atoms with Gasteiger partial charge in [0.1, 0.15) is 12.3 Å². The van der Waals surface area contributed by atoms with E-state index in [2.05, 4.69) is 20.4 Å². The Kier molecular flexibility index (Phi) is 5.82. The van der Waals surface area contributed by atoms with Gasteiger partial charge in [-0.25, -0.2) is 4.99 Å². The second-order valence-corrected chi connectivity index (χ2v) is 3.85. The van der Waals surface area contributed by atoms with Crippen molar-refractivity contribution in [1.82, 2.24) is 5.32 Å². The minimum absolute atomic E-state index is 0.0225. The molecule has 0 atom stereocenters. The maximum atomic E-state index is 12.0. The molecule has 4 N–H and O–H groups in total. The molecule has 0 saturated carbocycles. The highest BCUT2D eigenvalue weighted by Crippen LogP contribution is 2.23. The number of halogens is 3. The minimum Gasteiger partial charge on any atom is -0.406 e. The zero-order valence-electron chi connectivity index (χ0n) is 11.2. The van der Waals surface area contributed by atoms with E-state index in [1.54, 1.807) is 6.92 Å². The summed E-state index contributed by atoms with van der Waals surface area (Å²) in [5.41, 5.74) is 5.96. The molecule has 0 aliphatic carbocycles. The molecular weight excluding hydrogens is 289 g/mol. The molecule has 0 aliphatic heterocycles. The summed E-state index contributed by atoms with van der Waals surface area (Å²) in [6.07, 6.45) is -4.73. The van der Waals surface area contributed by atoms with Crippen LogP contribution in [0.2, 0.25) is 0 Å². The second-order valence-electron chi connectivity index (χ2n) is 3.85. The van der Waals surface area contributed by atoms with Crippen LogP contribution in [0.4, 0.5) is 18.9 Å². The summed E-state index contributed by atoms with van der Waals surface area (Å²) in [4.78, 5) is 14.9. The molecule has 0 radical (unpaired) electrons. The number of ether oxygens (including phenoxy) is 1. The Morgan fingerprint density at radius 1 is 1.33 bits per heavy atom. The Balaban J connectivity index is 2.55. The minimum atomic E-state index is -4.73. The van der Waals surface area contributed by atoms with Crippen molar-refractivity contribution in [2.45, 2.75) is 13.3 Å². The number of hydrogen-bond donors (Lipinski definition) is 3. The van der Waals surface area contributed by atoms with Gasteiger partial charge in [-0.15, -0.1) is 13.2 Å². The standard InChI is InChI=1S/C12H15F3N4O2/c1-2-17-10(20)7-18-11(16)19-8-3-5-9(6-4-8)21-12(13,14)15/h3-6H,2,7H2,1H3,(H,17,20)(H3,16,18,19). The fourth-order valence-corrected chi connectivity index (χ4v) is 1.34. The monoisotopic (exact) mass is 304 g/mol. The van der Waals surface area contributed by atoms with Gasteiger partial charge in [0, 0.05) is 12.2 Å². The van der Waals surface area contributed by atoms with Gasteiger partial charge in [-0.3, -0.25) is 4.79 Å². The van der Waals surface area contributed by atoms with Crippen molar-refractivity contribution in [3.63, 3.8) is 0 Å². The third-order valence-electron chi connectivity index (χ3n) is 2.13. The van der Waals surface area contributed by atoms with Crippen LogP contribution in [-0.2, 0) is 4.79 Å². The van der Waals surface area contributed by atoms with Crippen molar-refractivity contribution < 1.29 is 22.7 Å². The van der Waals surface area contributed by atoms with Crippen LogP contribution in [0.15, 0.2) is 29.3 Å². The SMILES string of the molecule is CCNC(=O)CN=C(N)Nc1ccc(OC(F)(F)F)cc1. The molecule has 0 heterocycles. The first-order valence-corrected chi connectivity index (χ1v) is 5.99. The molecule has 1 rings (SSSR count). The van der Waals surface area contributed by atoms with E-state index < -0.39 is 6.36 Å². The number of carbonyl (C=O) groups is 1. The van der Waals surface area contributed by atoms with Crippen LogP contribution >= 0.6 is 0 Å². The molecule has 0 saturated heterocycles. The number of nitrogens with one attached hydrogen (secondary N) is 2. The smallest absolute Gasteiger partial charge is 0.406 e. The number of amides is 1. The fraction of sp³-hybridized carbons (Fsp3) is 0.333. The van der Waals surface area contributed by atoms with Crippen LogP contribution in [0.25, 0.3) is 0 Å². The van der Waals surface area contributed by atoms with Crippen molar-refractivity contribution in [3.05, 3.63) is 24.3 Å². The van der Waals surface area contributed by atoms with E-state index in [0.717, 1.165) is 12.1 Å². The Morgan fingerprint density at radius 2 is 1.95 bits per heavy atom. The number of alkyl halides is 3. The predicted molar refractivity (Wildman–Crippen MR) is 71.9 cm³/mol.